The zero-order chi connectivity index (χ0) is 7.98. The Morgan fingerprint density at radius 2 is 2.40 bits per heavy atom. The molecule has 0 fully saturated rings. The molecule has 2 heteroatoms. The van der Waals surface area contributed by atoms with Crippen LogP contribution in [0.25, 0.3) is 0 Å². The number of hydrogen-bond donors (Lipinski definition) is 1. The van der Waals surface area contributed by atoms with Crippen molar-refractivity contribution in [2.24, 2.45) is 11.7 Å². The van der Waals surface area contributed by atoms with Crippen molar-refractivity contribution in [1.82, 2.24) is 0 Å². The number of ether oxygens (including phenoxy) is 1. The largest absolute Gasteiger partial charge is 0.468 e. The van der Waals surface area contributed by atoms with Crippen LogP contribution in [0.4, 0.5) is 0 Å². The van der Waals surface area contributed by atoms with Crippen LogP contribution < -0.4 is 5.73 Å². The van der Waals surface area contributed by atoms with Crippen molar-refractivity contribution in [2.75, 3.05) is 0 Å². The van der Waals surface area contributed by atoms with Crippen LogP contribution in [0, 0.1) is 5.92 Å². The minimum absolute atomic E-state index is 0.378. The highest BCUT2D eigenvalue weighted by atomic mass is 16.5. The molecule has 0 bridgehead atoms. The maximum absolute atomic E-state index is 5.30. The van der Waals surface area contributed by atoms with Crippen molar-refractivity contribution < 1.29 is 4.74 Å². The molecule has 0 heterocycles. The predicted molar refractivity (Wildman–Crippen MR) is 43.0 cm³/mol. The van der Waals surface area contributed by atoms with E-state index in [-0.39, 0.29) is 0 Å². The fourth-order valence-corrected chi connectivity index (χ4v) is 0.617. The fraction of sp³-hybridized carbons (Fsp3) is 0.500. The highest BCUT2D eigenvalue weighted by Gasteiger charge is 2.04. The number of allylic oxidation sites excluding steroid dienone is 1. The van der Waals surface area contributed by atoms with Crippen LogP contribution in [0.5, 0.6) is 0 Å². The Hall–Kier alpha value is -0.920. The molecule has 1 atom stereocenters. The normalized spacial score (nSPS) is 14.4. The first kappa shape index (κ1) is 9.08. The highest BCUT2D eigenvalue weighted by molar-refractivity contribution is 4.95. The van der Waals surface area contributed by atoms with Gasteiger partial charge in [-0.2, -0.15) is 0 Å². The number of rotatable bonds is 4. The van der Waals surface area contributed by atoms with E-state index < -0.39 is 0 Å². The van der Waals surface area contributed by atoms with E-state index in [4.69, 9.17) is 10.5 Å². The Balaban J connectivity index is 3.93. The molecule has 0 saturated carbocycles. The van der Waals surface area contributed by atoms with Gasteiger partial charge in [0.1, 0.15) is 5.76 Å². The van der Waals surface area contributed by atoms with Crippen LogP contribution >= 0.6 is 0 Å². The molecule has 58 valence electrons. The summed E-state index contributed by atoms with van der Waals surface area (Å²) in [5.41, 5.74) is 5.30. The van der Waals surface area contributed by atoms with Crippen molar-refractivity contribution in [3.63, 3.8) is 0 Å². The average molecular weight is 141 g/mol. The Kier molecular flexibility index (Phi) is 4.46. The maximum Gasteiger partial charge on any atom is 0.121 e. The molecule has 0 saturated heterocycles. The Morgan fingerprint density at radius 1 is 1.80 bits per heavy atom. The molecule has 0 aromatic carbocycles. The third-order valence-electron chi connectivity index (χ3n) is 1.48. The van der Waals surface area contributed by atoms with Crippen molar-refractivity contribution in [2.45, 2.75) is 20.3 Å². The summed E-state index contributed by atoms with van der Waals surface area (Å²) in [6, 6.07) is 0. The molecule has 0 aromatic rings. The minimum Gasteiger partial charge on any atom is -0.468 e. The van der Waals surface area contributed by atoms with E-state index in [1.807, 2.05) is 0 Å². The predicted octanol–water partition coefficient (Wildman–Crippen LogP) is 1.99. The van der Waals surface area contributed by atoms with Gasteiger partial charge in [-0.3, -0.25) is 0 Å². The van der Waals surface area contributed by atoms with Gasteiger partial charge in [0, 0.05) is 12.1 Å². The summed E-state index contributed by atoms with van der Waals surface area (Å²) < 4.78 is 5.04. The third kappa shape index (κ3) is 2.58. The lowest BCUT2D eigenvalue weighted by Crippen LogP contribution is -2.01. The summed E-state index contributed by atoms with van der Waals surface area (Å²) in [5.74, 6) is 1.17. The molecule has 1 unspecified atom stereocenters. The minimum atomic E-state index is 0.378. The molecule has 0 aliphatic rings. The lowest BCUT2D eigenvalue weighted by molar-refractivity contribution is 0.293. The van der Waals surface area contributed by atoms with Gasteiger partial charge in [0.25, 0.3) is 0 Å². The van der Waals surface area contributed by atoms with Gasteiger partial charge in [-0.05, 0) is 6.42 Å². The summed E-state index contributed by atoms with van der Waals surface area (Å²) in [5, 5.41) is 0. The van der Waals surface area contributed by atoms with Crippen LogP contribution in [0.15, 0.2) is 24.8 Å². The van der Waals surface area contributed by atoms with Crippen LogP contribution in [0.1, 0.15) is 20.3 Å². The molecule has 0 aromatic heterocycles. The maximum atomic E-state index is 5.30. The van der Waals surface area contributed by atoms with E-state index in [1.165, 1.54) is 12.5 Å². The standard InChI is InChI=1S/C8H15NO/c1-4-7(3)8(6-9)10-5-2/h5-7H,2,4,9H2,1,3H3/b8-6-. The van der Waals surface area contributed by atoms with Crippen LogP contribution in [-0.4, -0.2) is 0 Å². The molecule has 2 nitrogen and oxygen atoms in total. The van der Waals surface area contributed by atoms with Crippen LogP contribution in [0.2, 0.25) is 0 Å². The van der Waals surface area contributed by atoms with Gasteiger partial charge >= 0.3 is 0 Å². The first-order valence-electron chi connectivity index (χ1n) is 3.45. The molecule has 0 rings (SSSR count). The van der Waals surface area contributed by atoms with Gasteiger partial charge < -0.3 is 10.5 Å². The summed E-state index contributed by atoms with van der Waals surface area (Å²) in [7, 11) is 0. The van der Waals surface area contributed by atoms with Crippen molar-refractivity contribution >= 4 is 0 Å². The molecule has 0 spiro atoms. The zero-order valence-corrected chi connectivity index (χ0v) is 6.63. The molecule has 0 aliphatic carbocycles. The quantitative estimate of drug-likeness (QED) is 0.608. The molecule has 0 amide bonds. The summed E-state index contributed by atoms with van der Waals surface area (Å²) in [6.45, 7) is 7.59. The van der Waals surface area contributed by atoms with E-state index in [0.29, 0.717) is 5.92 Å². The van der Waals surface area contributed by atoms with Crippen LogP contribution in [-0.2, 0) is 4.74 Å². The second kappa shape index (κ2) is 4.91. The molecule has 0 radical (unpaired) electrons. The zero-order valence-electron chi connectivity index (χ0n) is 6.63. The monoisotopic (exact) mass is 141 g/mol. The smallest absolute Gasteiger partial charge is 0.121 e. The van der Waals surface area contributed by atoms with Gasteiger partial charge in [-0.1, -0.05) is 20.4 Å². The first-order chi connectivity index (χ1) is 4.76. The lowest BCUT2D eigenvalue weighted by atomic mass is 10.1. The van der Waals surface area contributed by atoms with E-state index in [0.717, 1.165) is 12.2 Å². The summed E-state index contributed by atoms with van der Waals surface area (Å²) in [6.07, 6.45) is 3.90. The highest BCUT2D eigenvalue weighted by Crippen LogP contribution is 2.13. The van der Waals surface area contributed by atoms with Crippen molar-refractivity contribution in [3.8, 4) is 0 Å². The first-order valence-corrected chi connectivity index (χ1v) is 3.45. The van der Waals surface area contributed by atoms with Gasteiger partial charge in [-0.25, -0.2) is 0 Å². The molecule has 2 N–H and O–H groups in total. The van der Waals surface area contributed by atoms with Crippen molar-refractivity contribution in [3.05, 3.63) is 24.8 Å². The summed E-state index contributed by atoms with van der Waals surface area (Å²) >= 11 is 0. The molecule has 10 heavy (non-hydrogen) atoms. The Bertz CT molecular complexity index is 129. The average Bonchev–Trinajstić information content (AvgIpc) is 1.99. The molecular weight excluding hydrogens is 126 g/mol. The molecule has 0 aliphatic heterocycles. The lowest BCUT2D eigenvalue weighted by Gasteiger charge is -2.10. The van der Waals surface area contributed by atoms with Crippen LogP contribution in [0.3, 0.4) is 0 Å². The van der Waals surface area contributed by atoms with Gasteiger partial charge in [0.05, 0.1) is 6.26 Å². The molecular formula is C8H15NO. The van der Waals surface area contributed by atoms with E-state index in [9.17, 15) is 0 Å². The van der Waals surface area contributed by atoms with Gasteiger partial charge in [-0.15, -0.1) is 0 Å². The van der Waals surface area contributed by atoms with Gasteiger partial charge in [0.15, 0.2) is 0 Å². The Morgan fingerprint density at radius 3 is 2.70 bits per heavy atom. The topological polar surface area (TPSA) is 35.2 Å². The fourth-order valence-electron chi connectivity index (χ4n) is 0.617. The number of hydrogen-bond acceptors (Lipinski definition) is 2. The second-order valence-electron chi connectivity index (χ2n) is 2.16. The summed E-state index contributed by atoms with van der Waals surface area (Å²) in [4.78, 5) is 0. The van der Waals surface area contributed by atoms with E-state index in [1.54, 1.807) is 0 Å². The second-order valence-corrected chi connectivity index (χ2v) is 2.16. The van der Waals surface area contributed by atoms with Crippen molar-refractivity contribution in [1.29, 1.82) is 0 Å². The Labute approximate surface area is 62.4 Å². The van der Waals surface area contributed by atoms with Gasteiger partial charge in [0.2, 0.25) is 0 Å². The SMILES string of the molecule is C=CO/C(=C\N)C(C)CC. The number of nitrogens with two attached hydrogens (primary N) is 1. The van der Waals surface area contributed by atoms with E-state index >= 15 is 0 Å². The third-order valence-corrected chi connectivity index (χ3v) is 1.48. The van der Waals surface area contributed by atoms with E-state index in [2.05, 4.69) is 20.4 Å².